The van der Waals surface area contributed by atoms with Crippen LogP contribution in [0.1, 0.15) is 24.2 Å². The Balaban J connectivity index is 1.31. The molecule has 1 saturated heterocycles. The molecule has 0 spiro atoms. The molecular weight excluding hydrogens is 354 g/mol. The van der Waals surface area contributed by atoms with Gasteiger partial charge in [-0.1, -0.05) is 35.5 Å². The van der Waals surface area contributed by atoms with Crippen molar-refractivity contribution in [1.82, 2.24) is 25.3 Å². The van der Waals surface area contributed by atoms with E-state index in [-0.39, 0.29) is 6.03 Å². The summed E-state index contributed by atoms with van der Waals surface area (Å²) in [5.74, 6) is 1.52. The first-order valence-corrected chi connectivity index (χ1v) is 9.57. The van der Waals surface area contributed by atoms with E-state index in [9.17, 15) is 4.79 Å². The third-order valence-electron chi connectivity index (χ3n) is 4.96. The van der Waals surface area contributed by atoms with Crippen LogP contribution in [0.3, 0.4) is 0 Å². The highest BCUT2D eigenvalue weighted by atomic mass is 16.5. The van der Waals surface area contributed by atoms with Crippen molar-refractivity contribution in [3.63, 3.8) is 0 Å². The zero-order valence-corrected chi connectivity index (χ0v) is 15.6. The average molecular weight is 377 g/mol. The number of nitrogens with one attached hydrogen (secondary N) is 1. The number of carbonyl (C=O) groups excluding carboxylic acids is 1. The molecule has 0 bridgehead atoms. The molecule has 2 aromatic heterocycles. The summed E-state index contributed by atoms with van der Waals surface area (Å²) in [4.78, 5) is 22.9. The fraction of sp³-hybridized carbons (Fsp3) is 0.333. The van der Waals surface area contributed by atoms with Crippen molar-refractivity contribution >= 4 is 6.03 Å². The molecule has 3 heterocycles. The molecule has 28 heavy (non-hydrogen) atoms. The van der Waals surface area contributed by atoms with E-state index in [4.69, 9.17) is 4.52 Å². The molecular formula is C21H23N5O2. The second kappa shape index (κ2) is 8.65. The highest BCUT2D eigenvalue weighted by Gasteiger charge is 2.25. The predicted octanol–water partition coefficient (Wildman–Crippen LogP) is 3.30. The van der Waals surface area contributed by atoms with Gasteiger partial charge >= 0.3 is 6.03 Å². The number of hydrogen-bond donors (Lipinski definition) is 1. The maximum atomic E-state index is 12.5. The van der Waals surface area contributed by atoms with E-state index in [1.54, 1.807) is 12.4 Å². The van der Waals surface area contributed by atoms with Gasteiger partial charge in [0.1, 0.15) is 0 Å². The molecule has 0 radical (unpaired) electrons. The van der Waals surface area contributed by atoms with E-state index in [0.29, 0.717) is 37.1 Å². The zero-order valence-electron chi connectivity index (χ0n) is 15.6. The van der Waals surface area contributed by atoms with E-state index in [1.807, 2.05) is 47.4 Å². The minimum absolute atomic E-state index is 0.0147. The predicted molar refractivity (Wildman–Crippen MR) is 104 cm³/mol. The molecule has 0 aliphatic carbocycles. The molecule has 1 aromatic carbocycles. The van der Waals surface area contributed by atoms with Gasteiger partial charge in [0.2, 0.25) is 0 Å². The smallest absolute Gasteiger partial charge is 0.317 e. The van der Waals surface area contributed by atoms with Gasteiger partial charge in [-0.05, 0) is 36.5 Å². The molecule has 144 valence electrons. The van der Waals surface area contributed by atoms with E-state index in [2.05, 4.69) is 20.4 Å². The van der Waals surface area contributed by atoms with Crippen molar-refractivity contribution < 1.29 is 9.32 Å². The molecule has 0 saturated carbocycles. The summed E-state index contributed by atoms with van der Waals surface area (Å²) in [7, 11) is 0. The topological polar surface area (TPSA) is 84.2 Å². The Morgan fingerprint density at radius 2 is 2.00 bits per heavy atom. The van der Waals surface area contributed by atoms with Gasteiger partial charge in [0.05, 0.1) is 0 Å². The van der Waals surface area contributed by atoms with Gasteiger partial charge in [-0.25, -0.2) is 4.79 Å². The van der Waals surface area contributed by atoms with Crippen LogP contribution in [0.15, 0.2) is 59.4 Å². The summed E-state index contributed by atoms with van der Waals surface area (Å²) >= 11 is 0. The molecule has 2 amide bonds. The molecule has 1 aliphatic heterocycles. The van der Waals surface area contributed by atoms with E-state index in [1.165, 1.54) is 0 Å². The lowest BCUT2D eigenvalue weighted by atomic mass is 9.95. The lowest BCUT2D eigenvalue weighted by Crippen LogP contribution is -2.45. The Bertz CT molecular complexity index is 897. The van der Waals surface area contributed by atoms with Gasteiger partial charge in [-0.3, -0.25) is 4.98 Å². The first kappa shape index (κ1) is 18.2. The Kier molecular flexibility index (Phi) is 5.61. The average Bonchev–Trinajstić information content (AvgIpc) is 3.22. The second-order valence-electron chi connectivity index (χ2n) is 7.05. The number of pyridine rings is 1. The van der Waals surface area contributed by atoms with E-state index >= 15 is 0 Å². The van der Waals surface area contributed by atoms with Crippen molar-refractivity contribution in [2.24, 2.45) is 5.92 Å². The molecule has 7 heteroatoms. The summed E-state index contributed by atoms with van der Waals surface area (Å²) in [5.41, 5.74) is 1.96. The van der Waals surface area contributed by atoms with Crippen LogP contribution in [0.5, 0.6) is 0 Å². The van der Waals surface area contributed by atoms with Crippen LogP contribution < -0.4 is 5.32 Å². The fourth-order valence-corrected chi connectivity index (χ4v) is 3.51. The number of urea groups is 1. The lowest BCUT2D eigenvalue weighted by Gasteiger charge is -2.32. The standard InChI is InChI=1S/C21H23N5O2/c27-21(23-14-16-5-2-1-3-6-16)26-12-4-7-17(15-26)13-19-24-20(28-25-19)18-8-10-22-11-9-18/h1-3,5-6,8-11,17H,4,7,12-15H2,(H,23,27). The Morgan fingerprint density at radius 1 is 1.18 bits per heavy atom. The first-order valence-electron chi connectivity index (χ1n) is 9.57. The van der Waals surface area contributed by atoms with Gasteiger partial charge in [-0.2, -0.15) is 4.98 Å². The number of nitrogens with zero attached hydrogens (tertiary/aromatic N) is 4. The Morgan fingerprint density at radius 3 is 2.82 bits per heavy atom. The van der Waals surface area contributed by atoms with Crippen LogP contribution in [-0.2, 0) is 13.0 Å². The van der Waals surface area contributed by atoms with E-state index in [0.717, 1.165) is 30.5 Å². The van der Waals surface area contributed by atoms with Crippen LogP contribution in [0.25, 0.3) is 11.5 Å². The largest absolute Gasteiger partial charge is 0.334 e. The summed E-state index contributed by atoms with van der Waals surface area (Å²) in [6, 6.07) is 13.6. The quantitative estimate of drug-likeness (QED) is 0.737. The zero-order chi connectivity index (χ0) is 19.2. The first-order chi connectivity index (χ1) is 13.8. The maximum absolute atomic E-state index is 12.5. The monoisotopic (exact) mass is 377 g/mol. The molecule has 1 unspecified atom stereocenters. The third kappa shape index (κ3) is 4.54. The van der Waals surface area contributed by atoms with Gasteiger partial charge < -0.3 is 14.7 Å². The number of amides is 2. The molecule has 1 N–H and O–H groups in total. The van der Waals surface area contributed by atoms with Crippen molar-refractivity contribution in [1.29, 1.82) is 0 Å². The lowest BCUT2D eigenvalue weighted by molar-refractivity contribution is 0.164. The van der Waals surface area contributed by atoms with Gasteiger partial charge in [0.25, 0.3) is 5.89 Å². The van der Waals surface area contributed by atoms with Crippen LogP contribution in [0.4, 0.5) is 4.79 Å². The third-order valence-corrected chi connectivity index (χ3v) is 4.96. The number of benzene rings is 1. The normalized spacial score (nSPS) is 16.7. The summed E-state index contributed by atoms with van der Waals surface area (Å²) in [6.45, 7) is 2.03. The molecule has 1 aliphatic rings. The number of aromatic nitrogens is 3. The maximum Gasteiger partial charge on any atom is 0.317 e. The molecule has 3 aromatic rings. The molecule has 7 nitrogen and oxygen atoms in total. The summed E-state index contributed by atoms with van der Waals surface area (Å²) < 4.78 is 5.37. The van der Waals surface area contributed by atoms with Crippen LogP contribution in [0.2, 0.25) is 0 Å². The fourth-order valence-electron chi connectivity index (χ4n) is 3.51. The van der Waals surface area contributed by atoms with Gasteiger partial charge in [-0.15, -0.1) is 0 Å². The highest BCUT2D eigenvalue weighted by Crippen LogP contribution is 2.22. The van der Waals surface area contributed by atoms with Crippen molar-refractivity contribution in [3.8, 4) is 11.5 Å². The van der Waals surface area contributed by atoms with Gasteiger partial charge in [0, 0.05) is 44.0 Å². The Hall–Kier alpha value is -3.22. The molecule has 1 fully saturated rings. The van der Waals surface area contributed by atoms with Crippen LogP contribution in [-0.4, -0.2) is 39.1 Å². The number of piperidine rings is 1. The second-order valence-corrected chi connectivity index (χ2v) is 7.05. The minimum Gasteiger partial charge on any atom is -0.334 e. The number of likely N-dealkylation sites (tertiary alicyclic amines) is 1. The minimum atomic E-state index is -0.0147. The number of hydrogen-bond acceptors (Lipinski definition) is 5. The van der Waals surface area contributed by atoms with Crippen molar-refractivity contribution in [2.45, 2.75) is 25.8 Å². The molecule has 1 atom stereocenters. The SMILES string of the molecule is O=C(NCc1ccccc1)N1CCCC(Cc2noc(-c3ccncc3)n2)C1. The number of carbonyl (C=O) groups is 1. The van der Waals surface area contributed by atoms with Crippen molar-refractivity contribution in [2.75, 3.05) is 13.1 Å². The van der Waals surface area contributed by atoms with Gasteiger partial charge in [0.15, 0.2) is 5.82 Å². The van der Waals surface area contributed by atoms with Crippen LogP contribution >= 0.6 is 0 Å². The van der Waals surface area contributed by atoms with E-state index < -0.39 is 0 Å². The van der Waals surface area contributed by atoms with Crippen molar-refractivity contribution in [3.05, 3.63) is 66.2 Å². The summed E-state index contributed by atoms with van der Waals surface area (Å²) in [5, 5.41) is 7.12. The van der Waals surface area contributed by atoms with Crippen LogP contribution in [0, 0.1) is 5.92 Å². The Labute approximate surface area is 163 Å². The molecule has 4 rings (SSSR count). The highest BCUT2D eigenvalue weighted by molar-refractivity contribution is 5.74. The number of rotatable bonds is 5. The summed E-state index contributed by atoms with van der Waals surface area (Å²) in [6.07, 6.45) is 6.15.